The highest BCUT2D eigenvalue weighted by atomic mass is 32.1. The van der Waals surface area contributed by atoms with E-state index in [0.29, 0.717) is 0 Å². The molecular weight excluding hydrogens is 581 g/mol. The van der Waals surface area contributed by atoms with Crippen LogP contribution in [0.5, 0.6) is 0 Å². The maximum atomic E-state index is 3.80. The minimum atomic E-state index is 1.23. The predicted molar refractivity (Wildman–Crippen MR) is 202 cm³/mol. The van der Waals surface area contributed by atoms with Crippen LogP contribution in [0.25, 0.3) is 90.2 Å². The lowest BCUT2D eigenvalue weighted by Gasteiger charge is -2.09. The van der Waals surface area contributed by atoms with Gasteiger partial charge in [0.2, 0.25) is 0 Å². The van der Waals surface area contributed by atoms with Crippen molar-refractivity contribution in [2.75, 3.05) is 0 Å². The minimum absolute atomic E-state index is 1.23. The summed E-state index contributed by atoms with van der Waals surface area (Å²) in [6, 6.07) is 45.5. The quantitative estimate of drug-likeness (QED) is 0.138. The number of rotatable bonds is 4. The van der Waals surface area contributed by atoms with E-state index in [-0.39, 0.29) is 0 Å². The van der Waals surface area contributed by atoms with Crippen LogP contribution in [0.2, 0.25) is 0 Å². The van der Waals surface area contributed by atoms with Crippen molar-refractivity contribution >= 4 is 92.0 Å². The fraction of sp³-hybridized carbons (Fsp3) is 0.0233. The lowest BCUT2D eigenvalue weighted by Crippen LogP contribution is -1.81. The molecule has 2 heteroatoms. The first kappa shape index (κ1) is 26.4. The summed E-state index contributed by atoms with van der Waals surface area (Å²) in [5.41, 5.74) is 5.06. The molecule has 9 aromatic rings. The normalized spacial score (nSPS) is 12.1. The second kappa shape index (κ2) is 10.3. The van der Waals surface area contributed by atoms with Gasteiger partial charge in [0.1, 0.15) is 0 Å². The zero-order valence-corrected chi connectivity index (χ0v) is 26.4. The van der Waals surface area contributed by atoms with Gasteiger partial charge in [0.25, 0.3) is 0 Å². The molecule has 0 aliphatic carbocycles. The summed E-state index contributed by atoms with van der Waals surface area (Å²) in [6.45, 7) is 5.98. The van der Waals surface area contributed by atoms with Crippen LogP contribution < -0.4 is 0 Å². The highest BCUT2D eigenvalue weighted by molar-refractivity contribution is 7.23. The molecule has 0 unspecified atom stereocenters. The molecule has 2 heterocycles. The molecule has 0 radical (unpaired) electrons. The molecule has 0 amide bonds. The average Bonchev–Trinajstić information content (AvgIpc) is 3.72. The largest absolute Gasteiger partial charge is 0.135 e. The van der Waals surface area contributed by atoms with Gasteiger partial charge in [0.05, 0.1) is 0 Å². The number of benzene rings is 7. The Balaban J connectivity index is 1.16. The summed E-state index contributed by atoms with van der Waals surface area (Å²) in [6.07, 6.45) is 5.93. The van der Waals surface area contributed by atoms with Crippen molar-refractivity contribution in [1.29, 1.82) is 0 Å². The number of allylic oxidation sites excluding steroid dienone is 2. The third kappa shape index (κ3) is 4.25. The molecule has 0 spiro atoms. The van der Waals surface area contributed by atoms with E-state index in [4.69, 9.17) is 0 Å². The van der Waals surface area contributed by atoms with E-state index >= 15 is 0 Å². The second-order valence-corrected chi connectivity index (χ2v) is 13.9. The SMILES string of the molecule is C=C/C=C\c1ccc(-c2cc3ccc4c5ccc6c(ccc7cc(-c8ccc9ccccc9c8)sc76)c5ccc4c3s2)cc1C. The Bertz CT molecular complexity index is 2680. The van der Waals surface area contributed by atoms with Crippen molar-refractivity contribution in [2.24, 2.45) is 0 Å². The van der Waals surface area contributed by atoms with E-state index in [2.05, 4.69) is 141 Å². The van der Waals surface area contributed by atoms with Gasteiger partial charge in [0.15, 0.2) is 0 Å². The molecule has 0 saturated heterocycles. The lowest BCUT2D eigenvalue weighted by atomic mass is 9.96. The highest BCUT2D eigenvalue weighted by Gasteiger charge is 2.14. The van der Waals surface area contributed by atoms with Gasteiger partial charge >= 0.3 is 0 Å². The first-order chi connectivity index (χ1) is 22.1. The van der Waals surface area contributed by atoms with Gasteiger partial charge in [-0.2, -0.15) is 0 Å². The molecule has 0 fully saturated rings. The Kier molecular flexibility index (Phi) is 6.02. The molecule has 0 nitrogen and oxygen atoms in total. The molecule has 0 aliphatic rings. The second-order valence-electron chi connectivity index (χ2n) is 11.8. The van der Waals surface area contributed by atoms with Crippen LogP contribution in [0, 0.1) is 6.92 Å². The van der Waals surface area contributed by atoms with Crippen molar-refractivity contribution in [3.63, 3.8) is 0 Å². The molecular formula is C43H28S2. The van der Waals surface area contributed by atoms with Gasteiger partial charge in [-0.1, -0.05) is 128 Å². The Morgan fingerprint density at radius 3 is 1.62 bits per heavy atom. The Labute approximate surface area is 269 Å². The predicted octanol–water partition coefficient (Wildman–Crippen LogP) is 13.6. The lowest BCUT2D eigenvalue weighted by molar-refractivity contribution is 1.45. The van der Waals surface area contributed by atoms with Crippen molar-refractivity contribution in [1.82, 2.24) is 0 Å². The molecule has 0 aliphatic heterocycles. The van der Waals surface area contributed by atoms with Gasteiger partial charge in [-0.05, 0) is 90.5 Å². The monoisotopic (exact) mass is 608 g/mol. The zero-order valence-electron chi connectivity index (χ0n) is 24.8. The summed E-state index contributed by atoms with van der Waals surface area (Å²) in [4.78, 5) is 2.62. The molecule has 0 bridgehead atoms. The standard InChI is InChI=1S/C43H28S2/c1-3-4-7-27-10-12-30(22-26(27)2)40-24-32-14-16-36-34-19-21-39-37(35(34)18-20-38(36)42(32)44-40)17-15-33-25-41(45-43(33)39)31-13-11-28-8-5-6-9-29(28)23-31/h3-25H,1H2,2H3/b7-4-. The molecule has 9 rings (SSSR count). The number of fused-ring (bicyclic) bond motifs is 10. The summed E-state index contributed by atoms with van der Waals surface area (Å²) >= 11 is 3.80. The molecule has 45 heavy (non-hydrogen) atoms. The topological polar surface area (TPSA) is 0 Å². The highest BCUT2D eigenvalue weighted by Crippen LogP contribution is 2.44. The van der Waals surface area contributed by atoms with E-state index < -0.39 is 0 Å². The minimum Gasteiger partial charge on any atom is -0.135 e. The zero-order chi connectivity index (χ0) is 30.1. The van der Waals surface area contributed by atoms with Crippen LogP contribution in [0.15, 0.2) is 140 Å². The third-order valence-electron chi connectivity index (χ3n) is 9.15. The molecule has 0 atom stereocenters. The van der Waals surface area contributed by atoms with Crippen molar-refractivity contribution in [2.45, 2.75) is 6.92 Å². The molecule has 212 valence electrons. The fourth-order valence-electron chi connectivity index (χ4n) is 6.85. The van der Waals surface area contributed by atoms with Crippen LogP contribution in [0.3, 0.4) is 0 Å². The Morgan fingerprint density at radius 2 is 1.00 bits per heavy atom. The molecule has 2 aromatic heterocycles. The Morgan fingerprint density at radius 1 is 0.489 bits per heavy atom. The molecule has 0 N–H and O–H groups in total. The van der Waals surface area contributed by atoms with Crippen LogP contribution in [-0.2, 0) is 0 Å². The number of thiophene rings is 2. The third-order valence-corrected chi connectivity index (χ3v) is 11.6. The first-order valence-electron chi connectivity index (χ1n) is 15.3. The van der Waals surface area contributed by atoms with Gasteiger partial charge in [-0.15, -0.1) is 22.7 Å². The van der Waals surface area contributed by atoms with Gasteiger partial charge in [0, 0.05) is 29.9 Å². The van der Waals surface area contributed by atoms with Crippen LogP contribution in [-0.4, -0.2) is 0 Å². The van der Waals surface area contributed by atoms with Crippen LogP contribution >= 0.6 is 22.7 Å². The van der Waals surface area contributed by atoms with Crippen molar-refractivity contribution in [3.05, 3.63) is 151 Å². The van der Waals surface area contributed by atoms with Gasteiger partial charge in [-0.3, -0.25) is 0 Å². The summed E-state index contributed by atoms with van der Waals surface area (Å²) < 4.78 is 2.71. The van der Waals surface area contributed by atoms with Crippen molar-refractivity contribution < 1.29 is 0 Å². The van der Waals surface area contributed by atoms with E-state index in [0.717, 1.165) is 0 Å². The molecule has 0 saturated carbocycles. The summed E-state index contributed by atoms with van der Waals surface area (Å²) in [5.74, 6) is 0. The fourth-order valence-corrected chi connectivity index (χ4v) is 9.21. The van der Waals surface area contributed by atoms with E-state index in [9.17, 15) is 0 Å². The van der Waals surface area contributed by atoms with E-state index in [1.54, 1.807) is 0 Å². The number of hydrogen-bond acceptors (Lipinski definition) is 2. The summed E-state index contributed by atoms with van der Waals surface area (Å²) in [7, 11) is 0. The number of hydrogen-bond donors (Lipinski definition) is 0. The van der Waals surface area contributed by atoms with E-state index in [1.165, 1.54) is 95.3 Å². The van der Waals surface area contributed by atoms with Gasteiger partial charge < -0.3 is 0 Å². The summed E-state index contributed by atoms with van der Waals surface area (Å²) in [5, 5.41) is 13.1. The average molecular weight is 609 g/mol. The number of aryl methyl sites for hydroxylation is 1. The first-order valence-corrected chi connectivity index (χ1v) is 16.9. The maximum absolute atomic E-state index is 3.80. The smallest absolute Gasteiger partial charge is 0.0428 e. The van der Waals surface area contributed by atoms with Crippen LogP contribution in [0.4, 0.5) is 0 Å². The van der Waals surface area contributed by atoms with Crippen LogP contribution in [0.1, 0.15) is 11.1 Å². The molecule has 7 aromatic carbocycles. The van der Waals surface area contributed by atoms with Gasteiger partial charge in [-0.25, -0.2) is 0 Å². The van der Waals surface area contributed by atoms with E-state index in [1.807, 2.05) is 34.8 Å². The Hall–Kier alpha value is -5.02. The maximum Gasteiger partial charge on any atom is 0.0428 e. The van der Waals surface area contributed by atoms with Crippen molar-refractivity contribution in [3.8, 4) is 20.9 Å².